The minimum Gasteiger partial charge on any atom is -0.438 e. The van der Waals surface area contributed by atoms with Crippen molar-refractivity contribution in [2.75, 3.05) is 0 Å². The van der Waals surface area contributed by atoms with Crippen molar-refractivity contribution in [3.8, 4) is 45.3 Å². The summed E-state index contributed by atoms with van der Waals surface area (Å²) >= 11 is 0. The van der Waals surface area contributed by atoms with E-state index in [4.69, 9.17) is 24.4 Å². The zero-order valence-electron chi connectivity index (χ0n) is 24.1. The van der Waals surface area contributed by atoms with Gasteiger partial charge in [0.05, 0.1) is 5.52 Å². The Morgan fingerprint density at radius 1 is 0.400 bits per heavy atom. The number of benzene rings is 6. The van der Waals surface area contributed by atoms with Crippen LogP contribution in [0, 0.1) is 0 Å². The molecular formula is C40H24N4O. The van der Waals surface area contributed by atoms with Crippen molar-refractivity contribution in [3.63, 3.8) is 0 Å². The molecule has 9 aromatic rings. The third kappa shape index (κ3) is 4.41. The molecular weight excluding hydrogens is 552 g/mol. The molecule has 0 atom stereocenters. The highest BCUT2D eigenvalue weighted by Gasteiger charge is 2.21. The lowest BCUT2D eigenvalue weighted by molar-refractivity contribution is 0.656. The van der Waals surface area contributed by atoms with Crippen LogP contribution in [0.5, 0.6) is 0 Å². The Bertz CT molecular complexity index is 2480. The molecule has 5 nitrogen and oxygen atoms in total. The number of hydrogen-bond donors (Lipinski definition) is 0. The molecule has 0 aliphatic heterocycles. The minimum atomic E-state index is 0.575. The van der Waals surface area contributed by atoms with Crippen LogP contribution in [0.25, 0.3) is 89.0 Å². The Labute approximate surface area is 258 Å². The van der Waals surface area contributed by atoms with Crippen LogP contribution in [0.3, 0.4) is 0 Å². The van der Waals surface area contributed by atoms with Gasteiger partial charge >= 0.3 is 0 Å². The predicted octanol–water partition coefficient (Wildman–Crippen LogP) is 10.1. The van der Waals surface area contributed by atoms with E-state index in [0.717, 1.165) is 55.1 Å². The highest BCUT2D eigenvalue weighted by molar-refractivity contribution is 6.14. The summed E-state index contributed by atoms with van der Waals surface area (Å²) in [4.78, 5) is 20.0. The number of nitrogens with zero attached hydrogens (tertiary/aromatic N) is 4. The largest absolute Gasteiger partial charge is 0.438 e. The maximum atomic E-state index is 6.52. The Balaban J connectivity index is 1.37. The summed E-state index contributed by atoms with van der Waals surface area (Å²) in [5.74, 6) is 1.80. The molecule has 6 aromatic carbocycles. The number of para-hydroxylation sites is 1. The first-order valence-corrected chi connectivity index (χ1v) is 14.9. The first kappa shape index (κ1) is 25.3. The molecule has 0 spiro atoms. The van der Waals surface area contributed by atoms with Crippen LogP contribution in [-0.4, -0.2) is 19.9 Å². The standard InChI is InChI=1S/C40H24N4O/c1-3-12-26(13-4-1)37-42-38(27-14-5-2-6-15-27)44-39(43-37)32-23-31(29-20-19-25-11-7-8-16-28(25)21-29)24-35-36(32)33-22-30-17-9-10-18-34(30)41-40(33)45-35/h1-24H. The zero-order valence-corrected chi connectivity index (χ0v) is 24.1. The molecule has 0 radical (unpaired) electrons. The molecule has 0 fully saturated rings. The van der Waals surface area contributed by atoms with Crippen LogP contribution in [-0.2, 0) is 0 Å². The monoisotopic (exact) mass is 576 g/mol. The zero-order chi connectivity index (χ0) is 29.7. The Morgan fingerprint density at radius 2 is 1.02 bits per heavy atom. The quantitative estimate of drug-likeness (QED) is 0.209. The Morgan fingerprint density at radius 3 is 1.76 bits per heavy atom. The van der Waals surface area contributed by atoms with E-state index in [2.05, 4.69) is 66.7 Å². The molecule has 5 heteroatoms. The van der Waals surface area contributed by atoms with Crippen molar-refractivity contribution < 1.29 is 4.42 Å². The molecule has 210 valence electrons. The second kappa shape index (κ2) is 10.2. The van der Waals surface area contributed by atoms with E-state index in [9.17, 15) is 0 Å². The van der Waals surface area contributed by atoms with E-state index in [0.29, 0.717) is 23.2 Å². The minimum absolute atomic E-state index is 0.575. The molecule has 45 heavy (non-hydrogen) atoms. The van der Waals surface area contributed by atoms with Crippen molar-refractivity contribution in [2.45, 2.75) is 0 Å². The number of furan rings is 1. The van der Waals surface area contributed by atoms with Crippen molar-refractivity contribution in [2.24, 2.45) is 0 Å². The van der Waals surface area contributed by atoms with E-state index >= 15 is 0 Å². The fourth-order valence-corrected chi connectivity index (χ4v) is 6.07. The third-order valence-corrected chi connectivity index (χ3v) is 8.29. The molecule has 0 unspecified atom stereocenters. The second-order valence-corrected chi connectivity index (χ2v) is 11.1. The van der Waals surface area contributed by atoms with Crippen molar-refractivity contribution in [3.05, 3.63) is 146 Å². The van der Waals surface area contributed by atoms with Crippen LogP contribution in [0.1, 0.15) is 0 Å². The molecule has 0 N–H and O–H groups in total. The van der Waals surface area contributed by atoms with Gasteiger partial charge < -0.3 is 4.42 Å². The first-order valence-electron chi connectivity index (χ1n) is 14.9. The normalized spacial score (nSPS) is 11.6. The van der Waals surface area contributed by atoms with Crippen LogP contribution in [0.4, 0.5) is 0 Å². The molecule has 3 heterocycles. The predicted molar refractivity (Wildman–Crippen MR) is 182 cm³/mol. The van der Waals surface area contributed by atoms with Crippen LogP contribution in [0.2, 0.25) is 0 Å². The van der Waals surface area contributed by atoms with E-state index in [-0.39, 0.29) is 0 Å². The van der Waals surface area contributed by atoms with Gasteiger partial charge in [-0.2, -0.15) is 0 Å². The average Bonchev–Trinajstić information content (AvgIpc) is 3.47. The molecule has 0 aliphatic rings. The van der Waals surface area contributed by atoms with Crippen LogP contribution >= 0.6 is 0 Å². The third-order valence-electron chi connectivity index (χ3n) is 8.29. The fraction of sp³-hybridized carbons (Fsp3) is 0. The average molecular weight is 577 g/mol. The van der Waals surface area contributed by atoms with Gasteiger partial charge in [0.2, 0.25) is 5.71 Å². The lowest BCUT2D eigenvalue weighted by Gasteiger charge is -2.11. The van der Waals surface area contributed by atoms with E-state index in [1.165, 1.54) is 10.8 Å². The van der Waals surface area contributed by atoms with Crippen molar-refractivity contribution in [1.82, 2.24) is 19.9 Å². The smallest absolute Gasteiger partial charge is 0.227 e. The highest BCUT2D eigenvalue weighted by Crippen LogP contribution is 2.40. The number of pyridine rings is 1. The summed E-state index contributed by atoms with van der Waals surface area (Å²) in [6.45, 7) is 0. The molecule has 0 amide bonds. The van der Waals surface area contributed by atoms with Crippen LogP contribution in [0.15, 0.2) is 150 Å². The first-order chi connectivity index (χ1) is 22.3. The maximum Gasteiger partial charge on any atom is 0.227 e. The number of aromatic nitrogens is 4. The van der Waals surface area contributed by atoms with Gasteiger partial charge in [0.1, 0.15) is 5.58 Å². The summed E-state index contributed by atoms with van der Waals surface area (Å²) in [7, 11) is 0. The Kier molecular flexibility index (Phi) is 5.74. The molecule has 9 rings (SSSR count). The SMILES string of the molecule is c1ccc(-c2nc(-c3ccccc3)nc(-c3cc(-c4ccc5ccccc5c4)cc4oc5nc6ccccc6cc5c34)n2)cc1. The van der Waals surface area contributed by atoms with Gasteiger partial charge in [-0.05, 0) is 52.2 Å². The van der Waals surface area contributed by atoms with Gasteiger partial charge in [-0.3, -0.25) is 0 Å². The molecule has 0 bridgehead atoms. The molecule has 0 saturated heterocycles. The summed E-state index contributed by atoms with van der Waals surface area (Å²) in [6, 6.07) is 49.6. The lowest BCUT2D eigenvalue weighted by Crippen LogP contribution is -2.00. The highest BCUT2D eigenvalue weighted by atomic mass is 16.3. The van der Waals surface area contributed by atoms with Gasteiger partial charge in [0, 0.05) is 32.8 Å². The van der Waals surface area contributed by atoms with Gasteiger partial charge in [0.15, 0.2) is 17.5 Å². The summed E-state index contributed by atoms with van der Waals surface area (Å²) in [5, 5.41) is 5.26. The van der Waals surface area contributed by atoms with Crippen LogP contribution < -0.4 is 0 Å². The summed E-state index contributed by atoms with van der Waals surface area (Å²) in [6.07, 6.45) is 0. The second-order valence-electron chi connectivity index (χ2n) is 11.1. The van der Waals surface area contributed by atoms with E-state index < -0.39 is 0 Å². The molecule has 0 aliphatic carbocycles. The number of rotatable bonds is 4. The van der Waals surface area contributed by atoms with Crippen molar-refractivity contribution >= 4 is 43.7 Å². The Hall–Kier alpha value is -6.20. The number of fused-ring (bicyclic) bond motifs is 5. The molecule has 3 aromatic heterocycles. The van der Waals surface area contributed by atoms with Gasteiger partial charge in [-0.15, -0.1) is 0 Å². The van der Waals surface area contributed by atoms with E-state index in [1.807, 2.05) is 78.9 Å². The van der Waals surface area contributed by atoms with E-state index in [1.54, 1.807) is 0 Å². The maximum absolute atomic E-state index is 6.52. The lowest BCUT2D eigenvalue weighted by atomic mass is 9.96. The van der Waals surface area contributed by atoms with Gasteiger partial charge in [0.25, 0.3) is 0 Å². The van der Waals surface area contributed by atoms with Crippen molar-refractivity contribution in [1.29, 1.82) is 0 Å². The summed E-state index contributed by atoms with van der Waals surface area (Å²) < 4.78 is 6.52. The molecule has 0 saturated carbocycles. The topological polar surface area (TPSA) is 64.7 Å². The number of hydrogen-bond acceptors (Lipinski definition) is 5. The van der Waals surface area contributed by atoms with Gasteiger partial charge in [-0.1, -0.05) is 115 Å². The van der Waals surface area contributed by atoms with Gasteiger partial charge in [-0.25, -0.2) is 19.9 Å². The summed E-state index contributed by atoms with van der Waals surface area (Å²) in [5.41, 5.74) is 7.00. The fourth-order valence-electron chi connectivity index (χ4n) is 6.07.